The van der Waals surface area contributed by atoms with Gasteiger partial charge in [0.05, 0.1) is 0 Å². The van der Waals surface area contributed by atoms with Gasteiger partial charge in [0.15, 0.2) is 0 Å². The highest BCUT2D eigenvalue weighted by Gasteiger charge is 2.03. The van der Waals surface area contributed by atoms with Crippen molar-refractivity contribution in [3.05, 3.63) is 131 Å². The summed E-state index contributed by atoms with van der Waals surface area (Å²) in [5.41, 5.74) is 7.29. The Labute approximate surface area is 167 Å². The van der Waals surface area contributed by atoms with Gasteiger partial charge < -0.3 is 0 Å². The minimum atomic E-state index is 1.20. The van der Waals surface area contributed by atoms with Crippen molar-refractivity contribution in [1.82, 2.24) is 0 Å². The predicted octanol–water partition coefficient (Wildman–Crippen LogP) is 7.69. The molecule has 0 saturated heterocycles. The SMILES string of the molecule is C(=C\c1cccc(-c2ccccc2/C=C/c2ccccc2)c1)/c1ccccc1. The van der Waals surface area contributed by atoms with Crippen LogP contribution in [-0.4, -0.2) is 0 Å². The van der Waals surface area contributed by atoms with Crippen LogP contribution in [0, 0.1) is 0 Å². The molecule has 0 atom stereocenters. The van der Waals surface area contributed by atoms with Crippen molar-refractivity contribution in [2.45, 2.75) is 0 Å². The van der Waals surface area contributed by atoms with Gasteiger partial charge in [-0.1, -0.05) is 127 Å². The molecule has 0 aliphatic carbocycles. The average Bonchev–Trinajstić information content (AvgIpc) is 2.78. The molecule has 4 aromatic rings. The van der Waals surface area contributed by atoms with Gasteiger partial charge in [-0.2, -0.15) is 0 Å². The van der Waals surface area contributed by atoms with Crippen LogP contribution in [0.15, 0.2) is 109 Å². The van der Waals surface area contributed by atoms with Crippen LogP contribution < -0.4 is 0 Å². The molecule has 0 radical (unpaired) electrons. The Morgan fingerprint density at radius 1 is 0.393 bits per heavy atom. The zero-order valence-electron chi connectivity index (χ0n) is 15.7. The summed E-state index contributed by atoms with van der Waals surface area (Å²) in [4.78, 5) is 0. The molecule has 0 aliphatic heterocycles. The summed E-state index contributed by atoms with van der Waals surface area (Å²) < 4.78 is 0. The van der Waals surface area contributed by atoms with Crippen molar-refractivity contribution >= 4 is 24.3 Å². The van der Waals surface area contributed by atoms with Gasteiger partial charge in [0.2, 0.25) is 0 Å². The fourth-order valence-corrected chi connectivity index (χ4v) is 3.22. The lowest BCUT2D eigenvalue weighted by atomic mass is 9.97. The van der Waals surface area contributed by atoms with E-state index in [4.69, 9.17) is 0 Å². The Bertz CT molecular complexity index is 1090. The monoisotopic (exact) mass is 358 g/mol. The molecule has 0 fully saturated rings. The summed E-state index contributed by atoms with van der Waals surface area (Å²) >= 11 is 0. The van der Waals surface area contributed by atoms with Gasteiger partial charge in [-0.15, -0.1) is 0 Å². The molecule has 28 heavy (non-hydrogen) atoms. The van der Waals surface area contributed by atoms with Crippen molar-refractivity contribution in [2.24, 2.45) is 0 Å². The Morgan fingerprint density at radius 2 is 0.929 bits per heavy atom. The van der Waals surface area contributed by atoms with Crippen LogP contribution in [0.1, 0.15) is 22.3 Å². The number of benzene rings is 4. The fraction of sp³-hybridized carbons (Fsp3) is 0. The van der Waals surface area contributed by atoms with E-state index >= 15 is 0 Å². The Morgan fingerprint density at radius 3 is 1.64 bits per heavy atom. The van der Waals surface area contributed by atoms with E-state index in [1.54, 1.807) is 0 Å². The van der Waals surface area contributed by atoms with Crippen LogP contribution in [0.3, 0.4) is 0 Å². The summed E-state index contributed by atoms with van der Waals surface area (Å²) in [7, 11) is 0. The largest absolute Gasteiger partial charge is 0.0622 e. The maximum atomic E-state index is 2.24. The Kier molecular flexibility index (Phi) is 5.60. The molecule has 0 heterocycles. The summed E-state index contributed by atoms with van der Waals surface area (Å²) in [6.45, 7) is 0. The second kappa shape index (κ2) is 8.83. The van der Waals surface area contributed by atoms with Crippen molar-refractivity contribution in [1.29, 1.82) is 0 Å². The van der Waals surface area contributed by atoms with E-state index in [9.17, 15) is 0 Å². The zero-order valence-corrected chi connectivity index (χ0v) is 15.7. The lowest BCUT2D eigenvalue weighted by Gasteiger charge is -2.07. The van der Waals surface area contributed by atoms with Crippen molar-refractivity contribution in [3.63, 3.8) is 0 Å². The van der Waals surface area contributed by atoms with Crippen LogP contribution >= 0.6 is 0 Å². The first kappa shape index (κ1) is 17.8. The Balaban J connectivity index is 1.63. The summed E-state index contributed by atoms with van der Waals surface area (Å²) in [5.74, 6) is 0. The quantitative estimate of drug-likeness (QED) is 0.321. The molecule has 0 unspecified atom stereocenters. The van der Waals surface area contributed by atoms with Crippen LogP contribution in [0.25, 0.3) is 35.4 Å². The first-order valence-corrected chi connectivity index (χ1v) is 9.54. The minimum Gasteiger partial charge on any atom is -0.0622 e. The summed E-state index contributed by atoms with van der Waals surface area (Å²) in [6.07, 6.45) is 8.68. The first-order valence-electron chi connectivity index (χ1n) is 9.54. The Hall–Kier alpha value is -3.64. The molecule has 0 nitrogen and oxygen atoms in total. The zero-order chi connectivity index (χ0) is 19.0. The predicted molar refractivity (Wildman–Crippen MR) is 123 cm³/mol. The summed E-state index contributed by atoms with van der Waals surface area (Å²) in [6, 6.07) is 38.0. The number of rotatable bonds is 5. The van der Waals surface area contributed by atoms with Crippen LogP contribution in [0.4, 0.5) is 0 Å². The molecule has 0 aliphatic rings. The fourth-order valence-electron chi connectivity index (χ4n) is 3.22. The third-order valence-electron chi connectivity index (χ3n) is 4.68. The minimum absolute atomic E-state index is 1.20. The van der Waals surface area contributed by atoms with Crippen molar-refractivity contribution < 1.29 is 0 Å². The van der Waals surface area contributed by atoms with Gasteiger partial charge in [0.1, 0.15) is 0 Å². The average molecular weight is 358 g/mol. The number of hydrogen-bond donors (Lipinski definition) is 0. The van der Waals surface area contributed by atoms with Crippen LogP contribution in [0.2, 0.25) is 0 Å². The van der Waals surface area contributed by atoms with E-state index in [0.29, 0.717) is 0 Å². The van der Waals surface area contributed by atoms with E-state index in [2.05, 4.69) is 121 Å². The molecule has 0 saturated carbocycles. The smallest absolute Gasteiger partial charge is 0.0111 e. The molecule has 0 spiro atoms. The molecule has 4 aromatic carbocycles. The maximum Gasteiger partial charge on any atom is -0.0111 e. The molecule has 0 N–H and O–H groups in total. The van der Waals surface area contributed by atoms with Gasteiger partial charge in [-0.3, -0.25) is 0 Å². The van der Waals surface area contributed by atoms with E-state index in [1.807, 2.05) is 12.1 Å². The highest BCUT2D eigenvalue weighted by atomic mass is 14.1. The molecule has 0 heteroatoms. The topological polar surface area (TPSA) is 0 Å². The second-order valence-corrected chi connectivity index (χ2v) is 6.70. The van der Waals surface area contributed by atoms with Crippen LogP contribution in [0.5, 0.6) is 0 Å². The molecular formula is C28H22. The van der Waals surface area contributed by atoms with Crippen molar-refractivity contribution in [2.75, 3.05) is 0 Å². The van der Waals surface area contributed by atoms with Gasteiger partial charge in [0, 0.05) is 0 Å². The normalized spacial score (nSPS) is 11.3. The third kappa shape index (κ3) is 4.55. The molecule has 134 valence electrons. The lowest BCUT2D eigenvalue weighted by molar-refractivity contribution is 1.57. The third-order valence-corrected chi connectivity index (χ3v) is 4.68. The van der Waals surface area contributed by atoms with Gasteiger partial charge >= 0.3 is 0 Å². The summed E-state index contributed by atoms with van der Waals surface area (Å²) in [5, 5.41) is 0. The standard InChI is InChI=1S/C28H22/c1-3-10-23(11-4-1)18-19-25-14-9-16-27(22-25)28-17-8-7-15-26(28)21-20-24-12-5-2-6-13-24/h1-22H/b19-18+,21-20+. The first-order chi connectivity index (χ1) is 13.9. The van der Waals surface area contributed by atoms with Crippen LogP contribution in [-0.2, 0) is 0 Å². The van der Waals surface area contributed by atoms with E-state index in [1.165, 1.54) is 33.4 Å². The van der Waals surface area contributed by atoms with E-state index in [-0.39, 0.29) is 0 Å². The molecule has 0 amide bonds. The second-order valence-electron chi connectivity index (χ2n) is 6.70. The maximum absolute atomic E-state index is 2.24. The van der Waals surface area contributed by atoms with Crippen molar-refractivity contribution in [3.8, 4) is 11.1 Å². The highest BCUT2D eigenvalue weighted by Crippen LogP contribution is 2.26. The lowest BCUT2D eigenvalue weighted by Crippen LogP contribution is -1.84. The molecule has 4 rings (SSSR count). The van der Waals surface area contributed by atoms with E-state index < -0.39 is 0 Å². The highest BCUT2D eigenvalue weighted by molar-refractivity contribution is 5.82. The van der Waals surface area contributed by atoms with Gasteiger partial charge in [0.25, 0.3) is 0 Å². The molecule has 0 aromatic heterocycles. The van der Waals surface area contributed by atoms with Gasteiger partial charge in [-0.25, -0.2) is 0 Å². The molecular weight excluding hydrogens is 336 g/mol. The van der Waals surface area contributed by atoms with Gasteiger partial charge in [-0.05, 0) is 39.4 Å². The van der Waals surface area contributed by atoms with E-state index in [0.717, 1.165) is 0 Å². The molecule has 0 bridgehead atoms. The number of hydrogen-bond acceptors (Lipinski definition) is 0.